The first-order valence-electron chi connectivity index (χ1n) is 7.85. The van der Waals surface area contributed by atoms with E-state index in [4.69, 9.17) is 0 Å². The molecular weight excluding hydrogens is 304 g/mol. The molecule has 0 aliphatic carbocycles. The van der Waals surface area contributed by atoms with Gasteiger partial charge in [-0.2, -0.15) is 0 Å². The molecule has 0 saturated heterocycles. The summed E-state index contributed by atoms with van der Waals surface area (Å²) in [6.07, 6.45) is 0. The van der Waals surface area contributed by atoms with Crippen LogP contribution in [0.5, 0.6) is 0 Å². The standard InChI is InChI=1S/C18H22N4O2/c1-4-19-17(23)15-7-5-14(6-8-15)11-20-18(24)22-16-10-12(2)9-13(3)21-16/h5-10H,4,11H2,1-3H3,(H,19,23)(H2,20,21,22,24). The normalized spacial score (nSPS) is 10.1. The minimum Gasteiger partial charge on any atom is -0.352 e. The maximum absolute atomic E-state index is 11.9. The zero-order valence-electron chi connectivity index (χ0n) is 14.1. The Morgan fingerprint density at radius 2 is 1.75 bits per heavy atom. The highest BCUT2D eigenvalue weighted by atomic mass is 16.2. The lowest BCUT2D eigenvalue weighted by atomic mass is 10.1. The van der Waals surface area contributed by atoms with Crippen LogP contribution in [-0.4, -0.2) is 23.5 Å². The van der Waals surface area contributed by atoms with Gasteiger partial charge in [-0.3, -0.25) is 10.1 Å². The third-order valence-corrected chi connectivity index (χ3v) is 3.35. The molecule has 0 aliphatic rings. The summed E-state index contributed by atoms with van der Waals surface area (Å²) in [5.74, 6) is 0.423. The second kappa shape index (κ2) is 8.10. The van der Waals surface area contributed by atoms with Crippen LogP contribution in [0, 0.1) is 13.8 Å². The number of rotatable bonds is 5. The van der Waals surface area contributed by atoms with Gasteiger partial charge in [0.25, 0.3) is 5.91 Å². The number of nitrogens with zero attached hydrogens (tertiary/aromatic N) is 1. The fourth-order valence-electron chi connectivity index (χ4n) is 2.28. The van der Waals surface area contributed by atoms with E-state index in [1.54, 1.807) is 12.1 Å². The number of carbonyl (C=O) groups excluding carboxylic acids is 2. The Kier molecular flexibility index (Phi) is 5.89. The second-order valence-corrected chi connectivity index (χ2v) is 5.54. The van der Waals surface area contributed by atoms with E-state index in [1.165, 1.54) is 0 Å². The van der Waals surface area contributed by atoms with Crippen LogP contribution in [0.1, 0.15) is 34.1 Å². The van der Waals surface area contributed by atoms with Gasteiger partial charge in [-0.25, -0.2) is 9.78 Å². The molecule has 0 bridgehead atoms. The van der Waals surface area contributed by atoms with E-state index in [2.05, 4.69) is 20.9 Å². The molecule has 0 aliphatic heterocycles. The number of urea groups is 1. The number of carbonyl (C=O) groups is 2. The second-order valence-electron chi connectivity index (χ2n) is 5.54. The largest absolute Gasteiger partial charge is 0.352 e. The smallest absolute Gasteiger partial charge is 0.320 e. The molecule has 6 heteroatoms. The summed E-state index contributed by atoms with van der Waals surface area (Å²) in [6, 6.07) is 10.6. The molecule has 24 heavy (non-hydrogen) atoms. The fourth-order valence-corrected chi connectivity index (χ4v) is 2.28. The quantitative estimate of drug-likeness (QED) is 0.790. The molecule has 3 N–H and O–H groups in total. The first-order chi connectivity index (χ1) is 11.5. The zero-order valence-corrected chi connectivity index (χ0v) is 14.1. The number of hydrogen-bond donors (Lipinski definition) is 3. The first kappa shape index (κ1) is 17.5. The summed E-state index contributed by atoms with van der Waals surface area (Å²) in [4.78, 5) is 27.9. The lowest BCUT2D eigenvalue weighted by molar-refractivity contribution is 0.0956. The molecule has 1 aromatic heterocycles. The average molecular weight is 326 g/mol. The van der Waals surface area contributed by atoms with Crippen molar-refractivity contribution in [1.82, 2.24) is 15.6 Å². The number of anilines is 1. The lowest BCUT2D eigenvalue weighted by Gasteiger charge is -2.09. The van der Waals surface area contributed by atoms with Crippen LogP contribution in [0.15, 0.2) is 36.4 Å². The molecular formula is C18H22N4O2. The van der Waals surface area contributed by atoms with Crippen molar-refractivity contribution in [2.75, 3.05) is 11.9 Å². The van der Waals surface area contributed by atoms with Crippen molar-refractivity contribution in [1.29, 1.82) is 0 Å². The predicted octanol–water partition coefficient (Wildman–Crippen LogP) is 2.77. The number of benzene rings is 1. The molecule has 2 aromatic rings. The van der Waals surface area contributed by atoms with Gasteiger partial charge in [-0.1, -0.05) is 12.1 Å². The van der Waals surface area contributed by atoms with Gasteiger partial charge in [0.05, 0.1) is 0 Å². The number of nitrogens with one attached hydrogen (secondary N) is 3. The maximum atomic E-state index is 11.9. The summed E-state index contributed by atoms with van der Waals surface area (Å²) >= 11 is 0. The van der Waals surface area contributed by atoms with Gasteiger partial charge in [0, 0.05) is 24.3 Å². The van der Waals surface area contributed by atoms with Gasteiger partial charge < -0.3 is 10.6 Å². The van der Waals surface area contributed by atoms with Crippen LogP contribution in [0.25, 0.3) is 0 Å². The highest BCUT2D eigenvalue weighted by Crippen LogP contribution is 2.09. The maximum Gasteiger partial charge on any atom is 0.320 e. The Morgan fingerprint density at radius 3 is 2.38 bits per heavy atom. The third-order valence-electron chi connectivity index (χ3n) is 3.35. The van der Waals surface area contributed by atoms with Crippen LogP contribution < -0.4 is 16.0 Å². The predicted molar refractivity (Wildman–Crippen MR) is 94.0 cm³/mol. The van der Waals surface area contributed by atoms with E-state index in [1.807, 2.05) is 45.0 Å². The van der Waals surface area contributed by atoms with Crippen molar-refractivity contribution < 1.29 is 9.59 Å². The number of pyridine rings is 1. The van der Waals surface area contributed by atoms with Gasteiger partial charge in [0.15, 0.2) is 0 Å². The van der Waals surface area contributed by atoms with Crippen LogP contribution >= 0.6 is 0 Å². The molecule has 0 unspecified atom stereocenters. The third kappa shape index (κ3) is 5.08. The Balaban J connectivity index is 1.88. The van der Waals surface area contributed by atoms with Gasteiger partial charge >= 0.3 is 6.03 Å². The minimum absolute atomic E-state index is 0.101. The Bertz CT molecular complexity index is 706. The first-order valence-corrected chi connectivity index (χ1v) is 7.85. The van der Waals surface area contributed by atoms with Crippen molar-refractivity contribution in [3.8, 4) is 0 Å². The van der Waals surface area contributed by atoms with Gasteiger partial charge in [-0.05, 0) is 56.2 Å². The van der Waals surface area contributed by atoms with Gasteiger partial charge in [-0.15, -0.1) is 0 Å². The van der Waals surface area contributed by atoms with Crippen molar-refractivity contribution in [2.45, 2.75) is 27.3 Å². The number of amides is 3. The monoisotopic (exact) mass is 326 g/mol. The molecule has 0 atom stereocenters. The summed E-state index contributed by atoms with van der Waals surface area (Å²) in [5, 5.41) is 8.23. The highest BCUT2D eigenvalue weighted by Gasteiger charge is 2.06. The minimum atomic E-state index is -0.319. The lowest BCUT2D eigenvalue weighted by Crippen LogP contribution is -2.28. The molecule has 0 spiro atoms. The molecule has 126 valence electrons. The molecule has 1 heterocycles. The molecule has 1 aromatic carbocycles. The molecule has 0 fully saturated rings. The molecule has 0 radical (unpaired) electrons. The highest BCUT2D eigenvalue weighted by molar-refractivity contribution is 5.94. The van der Waals surface area contributed by atoms with E-state index >= 15 is 0 Å². The molecule has 0 saturated carbocycles. The molecule has 2 rings (SSSR count). The van der Waals surface area contributed by atoms with Crippen LogP contribution in [-0.2, 0) is 6.54 Å². The number of aromatic nitrogens is 1. The van der Waals surface area contributed by atoms with E-state index in [-0.39, 0.29) is 11.9 Å². The van der Waals surface area contributed by atoms with Crippen LogP contribution in [0.4, 0.5) is 10.6 Å². The van der Waals surface area contributed by atoms with E-state index in [9.17, 15) is 9.59 Å². The van der Waals surface area contributed by atoms with Crippen LogP contribution in [0.3, 0.4) is 0 Å². The number of aryl methyl sites for hydroxylation is 2. The summed E-state index contributed by atoms with van der Waals surface area (Å²) in [7, 11) is 0. The van der Waals surface area contributed by atoms with Crippen molar-refractivity contribution >= 4 is 17.8 Å². The average Bonchev–Trinajstić information content (AvgIpc) is 2.52. The Hall–Kier alpha value is -2.89. The fraction of sp³-hybridized carbons (Fsp3) is 0.278. The van der Waals surface area contributed by atoms with Crippen LogP contribution in [0.2, 0.25) is 0 Å². The van der Waals surface area contributed by atoms with Gasteiger partial charge in [0.2, 0.25) is 0 Å². The Morgan fingerprint density at radius 1 is 1.04 bits per heavy atom. The van der Waals surface area contributed by atoms with Crippen molar-refractivity contribution in [3.05, 3.63) is 58.8 Å². The molecule has 3 amide bonds. The van der Waals surface area contributed by atoms with E-state index < -0.39 is 0 Å². The van der Waals surface area contributed by atoms with Gasteiger partial charge in [0.1, 0.15) is 5.82 Å². The van der Waals surface area contributed by atoms with Crippen molar-refractivity contribution in [3.63, 3.8) is 0 Å². The SMILES string of the molecule is CCNC(=O)c1ccc(CNC(=O)Nc2cc(C)cc(C)n2)cc1. The van der Waals surface area contributed by atoms with Crippen molar-refractivity contribution in [2.24, 2.45) is 0 Å². The Labute approximate surface area is 141 Å². The summed E-state index contributed by atoms with van der Waals surface area (Å²) < 4.78 is 0. The topological polar surface area (TPSA) is 83.1 Å². The summed E-state index contributed by atoms with van der Waals surface area (Å²) in [6.45, 7) is 6.67. The molecule has 6 nitrogen and oxygen atoms in total. The zero-order chi connectivity index (χ0) is 17.5. The van der Waals surface area contributed by atoms with E-state index in [0.29, 0.717) is 24.5 Å². The summed E-state index contributed by atoms with van der Waals surface area (Å²) in [5.41, 5.74) is 3.40. The van der Waals surface area contributed by atoms with E-state index in [0.717, 1.165) is 16.8 Å². The number of hydrogen-bond acceptors (Lipinski definition) is 3.